The lowest BCUT2D eigenvalue weighted by Crippen LogP contribution is -2.48. The lowest BCUT2D eigenvalue weighted by atomic mass is 9.93. The van der Waals surface area contributed by atoms with Crippen LogP contribution in [0.5, 0.6) is 0 Å². The number of nitrogens with one attached hydrogen (secondary N) is 2. The summed E-state index contributed by atoms with van der Waals surface area (Å²) in [5.74, 6) is -0.0670. The Hall–Kier alpha value is -2.35. The van der Waals surface area contributed by atoms with Crippen molar-refractivity contribution in [2.75, 3.05) is 0 Å². The number of hydrogen-bond acceptors (Lipinski definition) is 3. The molecule has 1 amide bonds. The number of amides is 1. The van der Waals surface area contributed by atoms with E-state index in [1.54, 1.807) is 30.2 Å². The van der Waals surface area contributed by atoms with E-state index < -0.39 is 11.7 Å². The molecule has 2 atom stereocenters. The molecule has 8 heteroatoms. The molecule has 1 aliphatic heterocycles. The highest BCUT2D eigenvalue weighted by Gasteiger charge is 2.34. The number of benzene rings is 1. The van der Waals surface area contributed by atoms with Gasteiger partial charge >= 0.3 is 6.18 Å². The molecule has 1 fully saturated rings. The van der Waals surface area contributed by atoms with E-state index in [0.29, 0.717) is 12.8 Å². The van der Waals surface area contributed by atoms with E-state index in [4.69, 9.17) is 0 Å². The number of halogens is 3. The Morgan fingerprint density at radius 1 is 1.36 bits per heavy atom. The molecule has 0 radical (unpaired) electrons. The molecular formula is C17H19F3N4O. The van der Waals surface area contributed by atoms with Crippen molar-refractivity contribution in [2.45, 2.75) is 37.6 Å². The third-order valence-electron chi connectivity index (χ3n) is 4.36. The molecule has 0 aliphatic carbocycles. The first-order valence-corrected chi connectivity index (χ1v) is 8.01. The van der Waals surface area contributed by atoms with E-state index in [-0.39, 0.29) is 30.1 Å². The van der Waals surface area contributed by atoms with Gasteiger partial charge in [-0.2, -0.15) is 18.3 Å². The van der Waals surface area contributed by atoms with Gasteiger partial charge in [-0.1, -0.05) is 18.2 Å². The molecule has 134 valence electrons. The lowest BCUT2D eigenvalue weighted by Gasteiger charge is -2.32. The normalized spacial score (nSPS) is 21.2. The van der Waals surface area contributed by atoms with Gasteiger partial charge in [0.1, 0.15) is 0 Å². The number of nitrogens with zero attached hydrogens (tertiary/aromatic N) is 2. The average Bonchev–Trinajstić information content (AvgIpc) is 2.99. The molecule has 25 heavy (non-hydrogen) atoms. The van der Waals surface area contributed by atoms with Gasteiger partial charge in [-0.15, -0.1) is 0 Å². The van der Waals surface area contributed by atoms with Crippen LogP contribution in [0.25, 0.3) is 0 Å². The number of carbonyl (C=O) groups is 1. The van der Waals surface area contributed by atoms with Gasteiger partial charge in [0.05, 0.1) is 17.8 Å². The zero-order chi connectivity index (χ0) is 18.0. The maximum absolute atomic E-state index is 13.1. The zero-order valence-corrected chi connectivity index (χ0v) is 13.7. The number of hydrogen-bond donors (Lipinski definition) is 2. The summed E-state index contributed by atoms with van der Waals surface area (Å²) in [4.78, 5) is 11.7. The van der Waals surface area contributed by atoms with Crippen LogP contribution in [0.2, 0.25) is 0 Å². The van der Waals surface area contributed by atoms with Crippen LogP contribution in [0.3, 0.4) is 0 Å². The maximum Gasteiger partial charge on any atom is 0.416 e. The van der Waals surface area contributed by atoms with Gasteiger partial charge in [0.25, 0.3) is 0 Å². The quantitative estimate of drug-likeness (QED) is 0.889. The Morgan fingerprint density at radius 3 is 2.80 bits per heavy atom. The van der Waals surface area contributed by atoms with Gasteiger partial charge in [-0.25, -0.2) is 0 Å². The van der Waals surface area contributed by atoms with Gasteiger partial charge in [-0.3, -0.25) is 9.48 Å². The summed E-state index contributed by atoms with van der Waals surface area (Å²) in [6.07, 6.45) is -0.0278. The summed E-state index contributed by atoms with van der Waals surface area (Å²) >= 11 is 0. The second-order valence-corrected chi connectivity index (χ2v) is 6.17. The SMILES string of the molecule is Cn1cc([C@@H]2NC(=O)CC[C@H]2NCc2ccccc2C(F)(F)F)cn1. The van der Waals surface area contributed by atoms with Gasteiger partial charge in [0.2, 0.25) is 5.91 Å². The number of carbonyl (C=O) groups excluding carboxylic acids is 1. The van der Waals surface area contributed by atoms with Crippen LogP contribution in [0, 0.1) is 0 Å². The summed E-state index contributed by atoms with van der Waals surface area (Å²) in [5, 5.41) is 10.2. The van der Waals surface area contributed by atoms with Crippen molar-refractivity contribution in [1.82, 2.24) is 20.4 Å². The second-order valence-electron chi connectivity index (χ2n) is 6.17. The van der Waals surface area contributed by atoms with Crippen molar-refractivity contribution in [2.24, 2.45) is 7.05 Å². The van der Waals surface area contributed by atoms with Crippen LogP contribution in [0.1, 0.15) is 35.6 Å². The van der Waals surface area contributed by atoms with Crippen molar-refractivity contribution < 1.29 is 18.0 Å². The Bertz CT molecular complexity index is 756. The van der Waals surface area contributed by atoms with Crippen molar-refractivity contribution in [3.63, 3.8) is 0 Å². The molecule has 1 aromatic carbocycles. The fraction of sp³-hybridized carbons (Fsp3) is 0.412. The predicted molar refractivity (Wildman–Crippen MR) is 85.4 cm³/mol. The summed E-state index contributed by atoms with van der Waals surface area (Å²) in [5.41, 5.74) is 0.384. The lowest BCUT2D eigenvalue weighted by molar-refractivity contribution is -0.138. The summed E-state index contributed by atoms with van der Waals surface area (Å²) in [6, 6.07) is 5.05. The average molecular weight is 352 g/mol. The highest BCUT2D eigenvalue weighted by Crippen LogP contribution is 2.32. The molecule has 1 saturated heterocycles. The monoisotopic (exact) mass is 352 g/mol. The van der Waals surface area contributed by atoms with E-state index in [2.05, 4.69) is 15.7 Å². The molecule has 5 nitrogen and oxygen atoms in total. The minimum Gasteiger partial charge on any atom is -0.348 e. The van der Waals surface area contributed by atoms with E-state index in [0.717, 1.165) is 11.6 Å². The van der Waals surface area contributed by atoms with E-state index >= 15 is 0 Å². The van der Waals surface area contributed by atoms with Gasteiger partial charge in [0, 0.05) is 37.8 Å². The van der Waals surface area contributed by atoms with Crippen LogP contribution in [0.4, 0.5) is 13.2 Å². The fourth-order valence-electron chi connectivity index (χ4n) is 3.13. The number of aryl methyl sites for hydroxylation is 1. The van der Waals surface area contributed by atoms with Crippen LogP contribution < -0.4 is 10.6 Å². The molecule has 0 saturated carbocycles. The second kappa shape index (κ2) is 6.87. The van der Waals surface area contributed by atoms with Crippen molar-refractivity contribution in [1.29, 1.82) is 0 Å². The van der Waals surface area contributed by atoms with Gasteiger partial charge in [-0.05, 0) is 18.1 Å². The first kappa shape index (κ1) is 17.5. The first-order chi connectivity index (χ1) is 11.8. The van der Waals surface area contributed by atoms with Crippen LogP contribution in [-0.2, 0) is 24.6 Å². The topological polar surface area (TPSA) is 59.0 Å². The molecule has 0 unspecified atom stereocenters. The number of alkyl halides is 3. The molecule has 3 rings (SSSR count). The molecule has 2 aromatic rings. The van der Waals surface area contributed by atoms with Gasteiger partial charge in [0.15, 0.2) is 0 Å². The molecule has 1 aromatic heterocycles. The number of aromatic nitrogens is 2. The molecule has 0 spiro atoms. The Labute approximate surface area is 143 Å². The van der Waals surface area contributed by atoms with E-state index in [1.165, 1.54) is 12.1 Å². The molecule has 2 N–H and O–H groups in total. The van der Waals surface area contributed by atoms with E-state index in [1.807, 2.05) is 0 Å². The predicted octanol–water partition coefficient (Wildman–Crippen LogP) is 2.55. The summed E-state index contributed by atoms with van der Waals surface area (Å²) in [7, 11) is 1.77. The van der Waals surface area contributed by atoms with Crippen LogP contribution >= 0.6 is 0 Å². The fourth-order valence-corrected chi connectivity index (χ4v) is 3.13. The highest BCUT2D eigenvalue weighted by molar-refractivity contribution is 5.77. The highest BCUT2D eigenvalue weighted by atomic mass is 19.4. The van der Waals surface area contributed by atoms with Crippen molar-refractivity contribution in [3.8, 4) is 0 Å². The Kier molecular flexibility index (Phi) is 4.80. The summed E-state index contributed by atoms with van der Waals surface area (Å²) < 4.78 is 41.0. The third kappa shape index (κ3) is 4.01. The van der Waals surface area contributed by atoms with Crippen LogP contribution in [-0.4, -0.2) is 21.7 Å². The first-order valence-electron chi connectivity index (χ1n) is 8.01. The largest absolute Gasteiger partial charge is 0.416 e. The van der Waals surface area contributed by atoms with E-state index in [9.17, 15) is 18.0 Å². The standard InChI is InChI=1S/C17H19F3N4O/c1-24-10-12(9-22-24)16-14(6-7-15(25)23-16)21-8-11-4-2-3-5-13(11)17(18,19)20/h2-5,9-10,14,16,21H,6-8H2,1H3,(H,23,25)/t14-,16+/m1/s1. The molecule has 0 bridgehead atoms. The van der Waals surface area contributed by atoms with Crippen molar-refractivity contribution in [3.05, 3.63) is 53.3 Å². The molecule has 2 heterocycles. The number of rotatable bonds is 4. The van der Waals surface area contributed by atoms with Gasteiger partial charge < -0.3 is 10.6 Å². The zero-order valence-electron chi connectivity index (χ0n) is 13.7. The smallest absolute Gasteiger partial charge is 0.348 e. The van der Waals surface area contributed by atoms with Crippen molar-refractivity contribution >= 4 is 5.91 Å². The Balaban J connectivity index is 1.76. The minimum absolute atomic E-state index is 0.0670. The molecule has 1 aliphatic rings. The number of piperidine rings is 1. The Morgan fingerprint density at radius 2 is 2.12 bits per heavy atom. The maximum atomic E-state index is 13.1. The third-order valence-corrected chi connectivity index (χ3v) is 4.36. The molecular weight excluding hydrogens is 333 g/mol. The summed E-state index contributed by atoms with van der Waals surface area (Å²) in [6.45, 7) is 0.0764. The minimum atomic E-state index is -4.39. The van der Waals surface area contributed by atoms with Crippen LogP contribution in [0.15, 0.2) is 36.7 Å².